The Hall–Kier alpha value is -3.99. The van der Waals surface area contributed by atoms with Crippen LogP contribution in [-0.2, 0) is 0 Å². The zero-order chi connectivity index (χ0) is 20.5. The van der Waals surface area contributed by atoms with Gasteiger partial charge in [-0.2, -0.15) is 0 Å². The SMILES string of the molecule is Oc1ccc(F)cc1C(c1c[c]cc(-c2ccncc2)c1)c1nc2ccccc2[nH]1. The molecule has 30 heavy (non-hydrogen) atoms. The molecule has 2 heterocycles. The molecule has 0 aliphatic heterocycles. The Labute approximate surface area is 172 Å². The van der Waals surface area contributed by atoms with E-state index in [-0.39, 0.29) is 5.75 Å². The first-order valence-electron chi connectivity index (χ1n) is 9.53. The van der Waals surface area contributed by atoms with Crippen molar-refractivity contribution in [3.8, 4) is 16.9 Å². The van der Waals surface area contributed by atoms with Crippen LogP contribution in [0.15, 0.2) is 85.2 Å². The number of nitrogens with one attached hydrogen (secondary N) is 1. The maximum Gasteiger partial charge on any atom is 0.123 e. The lowest BCUT2D eigenvalue weighted by molar-refractivity contribution is 0.463. The zero-order valence-electron chi connectivity index (χ0n) is 15.9. The summed E-state index contributed by atoms with van der Waals surface area (Å²) in [5.74, 6) is -0.280. The maximum atomic E-state index is 14.1. The highest BCUT2D eigenvalue weighted by atomic mass is 19.1. The number of aromatic hydroxyl groups is 1. The van der Waals surface area contributed by atoms with Gasteiger partial charge in [0.15, 0.2) is 0 Å². The molecule has 145 valence electrons. The number of phenols is 1. The summed E-state index contributed by atoms with van der Waals surface area (Å²) >= 11 is 0. The molecular formula is C25H17FN3O. The van der Waals surface area contributed by atoms with E-state index in [1.165, 1.54) is 18.2 Å². The number of halogens is 1. The van der Waals surface area contributed by atoms with Crippen LogP contribution in [0.5, 0.6) is 5.75 Å². The number of imidazole rings is 1. The average molecular weight is 394 g/mol. The second-order valence-electron chi connectivity index (χ2n) is 7.07. The number of para-hydroxylation sites is 2. The molecule has 1 atom stereocenters. The molecular weight excluding hydrogens is 377 g/mol. The molecule has 0 saturated heterocycles. The van der Waals surface area contributed by atoms with Gasteiger partial charge in [-0.25, -0.2) is 9.37 Å². The van der Waals surface area contributed by atoms with Gasteiger partial charge in [0.2, 0.25) is 0 Å². The predicted molar refractivity (Wildman–Crippen MR) is 114 cm³/mol. The van der Waals surface area contributed by atoms with Gasteiger partial charge in [0.1, 0.15) is 17.4 Å². The Balaban J connectivity index is 1.71. The van der Waals surface area contributed by atoms with Gasteiger partial charge >= 0.3 is 0 Å². The van der Waals surface area contributed by atoms with Gasteiger partial charge < -0.3 is 10.1 Å². The average Bonchev–Trinajstić information content (AvgIpc) is 3.21. The van der Waals surface area contributed by atoms with E-state index in [4.69, 9.17) is 4.98 Å². The highest BCUT2D eigenvalue weighted by Crippen LogP contribution is 2.37. The Bertz CT molecular complexity index is 1300. The molecule has 0 saturated carbocycles. The normalized spacial score (nSPS) is 12.2. The van der Waals surface area contributed by atoms with Crippen LogP contribution in [0.25, 0.3) is 22.2 Å². The number of H-pyrrole nitrogens is 1. The van der Waals surface area contributed by atoms with E-state index in [2.05, 4.69) is 16.0 Å². The maximum absolute atomic E-state index is 14.1. The number of fused-ring (bicyclic) bond motifs is 1. The third kappa shape index (κ3) is 3.31. The van der Waals surface area contributed by atoms with Crippen LogP contribution >= 0.6 is 0 Å². The molecule has 0 fully saturated rings. The number of rotatable bonds is 4. The molecule has 0 amide bonds. The predicted octanol–water partition coefficient (Wildman–Crippen LogP) is 5.45. The summed E-state index contributed by atoms with van der Waals surface area (Å²) < 4.78 is 14.1. The van der Waals surface area contributed by atoms with Crippen molar-refractivity contribution in [2.24, 2.45) is 0 Å². The zero-order valence-corrected chi connectivity index (χ0v) is 15.9. The minimum absolute atomic E-state index is 0.0103. The lowest BCUT2D eigenvalue weighted by atomic mass is 9.88. The van der Waals surface area contributed by atoms with Crippen molar-refractivity contribution in [3.63, 3.8) is 0 Å². The van der Waals surface area contributed by atoms with Gasteiger partial charge in [-0.15, -0.1) is 0 Å². The van der Waals surface area contributed by atoms with E-state index in [1.807, 2.05) is 54.6 Å². The number of aromatic amines is 1. The van der Waals surface area contributed by atoms with Crippen LogP contribution in [-0.4, -0.2) is 20.1 Å². The van der Waals surface area contributed by atoms with Gasteiger partial charge in [0.05, 0.1) is 17.0 Å². The third-order valence-electron chi connectivity index (χ3n) is 5.14. The molecule has 2 N–H and O–H groups in total. The van der Waals surface area contributed by atoms with E-state index in [0.29, 0.717) is 11.4 Å². The number of phenolic OH excluding ortho intramolecular Hbond substituents is 1. The summed E-state index contributed by atoms with van der Waals surface area (Å²) in [6, 6.07) is 24.4. The van der Waals surface area contributed by atoms with E-state index < -0.39 is 11.7 Å². The molecule has 0 bridgehead atoms. The Morgan fingerprint density at radius 1 is 0.933 bits per heavy atom. The first kappa shape index (κ1) is 18.1. The molecule has 3 aromatic carbocycles. The fraction of sp³-hybridized carbons (Fsp3) is 0.0400. The number of aromatic nitrogens is 3. The summed E-state index contributed by atoms with van der Waals surface area (Å²) in [5.41, 5.74) is 4.91. The quantitative estimate of drug-likeness (QED) is 0.426. The van der Waals surface area contributed by atoms with Crippen molar-refractivity contribution >= 4 is 11.0 Å². The third-order valence-corrected chi connectivity index (χ3v) is 5.14. The Morgan fingerprint density at radius 2 is 1.77 bits per heavy atom. The Kier molecular flexibility index (Phi) is 4.48. The lowest BCUT2D eigenvalue weighted by Gasteiger charge is -2.18. The van der Waals surface area contributed by atoms with Crippen LogP contribution in [0.4, 0.5) is 4.39 Å². The molecule has 0 spiro atoms. The lowest BCUT2D eigenvalue weighted by Crippen LogP contribution is -2.06. The number of hydrogen-bond acceptors (Lipinski definition) is 3. The van der Waals surface area contributed by atoms with Gasteiger partial charge in [-0.3, -0.25) is 4.98 Å². The van der Waals surface area contributed by atoms with Crippen molar-refractivity contribution in [3.05, 3.63) is 114 Å². The minimum Gasteiger partial charge on any atom is -0.508 e. The Morgan fingerprint density at radius 3 is 2.60 bits per heavy atom. The van der Waals surface area contributed by atoms with E-state index in [9.17, 15) is 9.50 Å². The largest absolute Gasteiger partial charge is 0.508 e. The standard InChI is InChI=1S/C25H17FN3O/c26-19-8-9-23(30)20(15-19)24(25-28-21-6-1-2-7-22(21)29-25)18-5-3-4-17(14-18)16-10-12-27-13-11-16/h1-2,4-15,24,30H,(H,28,29). The number of pyridine rings is 1. The van der Waals surface area contributed by atoms with Crippen LogP contribution in [0.2, 0.25) is 0 Å². The molecule has 0 aliphatic rings. The molecule has 5 rings (SSSR count). The highest BCUT2D eigenvalue weighted by molar-refractivity contribution is 5.75. The topological polar surface area (TPSA) is 61.8 Å². The second-order valence-corrected chi connectivity index (χ2v) is 7.07. The molecule has 1 radical (unpaired) electrons. The van der Waals surface area contributed by atoms with Gasteiger partial charge in [0.25, 0.3) is 0 Å². The summed E-state index contributed by atoms with van der Waals surface area (Å²) in [6.07, 6.45) is 3.47. The molecule has 5 aromatic rings. The number of nitrogens with zero attached hydrogens (tertiary/aromatic N) is 2. The number of benzene rings is 3. The van der Waals surface area contributed by atoms with Gasteiger partial charge in [0, 0.05) is 18.0 Å². The van der Waals surface area contributed by atoms with Crippen molar-refractivity contribution in [1.29, 1.82) is 0 Å². The summed E-state index contributed by atoms with van der Waals surface area (Å²) in [6.45, 7) is 0. The first-order valence-corrected chi connectivity index (χ1v) is 9.53. The van der Waals surface area contributed by atoms with Crippen LogP contribution in [0, 0.1) is 11.9 Å². The summed E-state index contributed by atoms with van der Waals surface area (Å²) in [5, 5.41) is 10.6. The molecule has 4 nitrogen and oxygen atoms in total. The molecule has 2 aromatic heterocycles. The minimum atomic E-state index is -0.494. The van der Waals surface area contributed by atoms with Gasteiger partial charge in [-0.1, -0.05) is 24.3 Å². The molecule has 0 aliphatic carbocycles. The summed E-state index contributed by atoms with van der Waals surface area (Å²) in [7, 11) is 0. The summed E-state index contributed by atoms with van der Waals surface area (Å²) in [4.78, 5) is 12.1. The monoisotopic (exact) mass is 394 g/mol. The fourth-order valence-electron chi connectivity index (χ4n) is 3.72. The smallest absolute Gasteiger partial charge is 0.123 e. The number of hydrogen-bond donors (Lipinski definition) is 2. The van der Waals surface area contributed by atoms with Crippen molar-refractivity contribution < 1.29 is 9.50 Å². The van der Waals surface area contributed by atoms with Crippen molar-refractivity contribution in [2.45, 2.75) is 5.92 Å². The van der Waals surface area contributed by atoms with Crippen LogP contribution in [0.3, 0.4) is 0 Å². The van der Waals surface area contributed by atoms with E-state index in [0.717, 1.165) is 27.7 Å². The highest BCUT2D eigenvalue weighted by Gasteiger charge is 2.24. The molecule has 1 unspecified atom stereocenters. The van der Waals surface area contributed by atoms with Crippen LogP contribution in [0.1, 0.15) is 22.9 Å². The van der Waals surface area contributed by atoms with E-state index in [1.54, 1.807) is 12.4 Å². The van der Waals surface area contributed by atoms with Crippen molar-refractivity contribution in [2.75, 3.05) is 0 Å². The van der Waals surface area contributed by atoms with Crippen molar-refractivity contribution in [1.82, 2.24) is 15.0 Å². The van der Waals surface area contributed by atoms with E-state index >= 15 is 0 Å². The van der Waals surface area contributed by atoms with Crippen LogP contribution < -0.4 is 0 Å². The fourth-order valence-corrected chi connectivity index (χ4v) is 3.72. The molecule has 5 heteroatoms. The first-order chi connectivity index (χ1) is 14.7. The second kappa shape index (κ2) is 7.44. The van der Waals surface area contributed by atoms with Gasteiger partial charge in [-0.05, 0) is 71.3 Å².